The lowest BCUT2D eigenvalue weighted by molar-refractivity contribution is 0.297. The highest BCUT2D eigenvalue weighted by atomic mass is 31.2. The number of rotatable bonds is 12. The van der Waals surface area contributed by atoms with Crippen LogP contribution in [0.1, 0.15) is 89.0 Å². The summed E-state index contributed by atoms with van der Waals surface area (Å²) in [6, 6.07) is 5.31. The third kappa shape index (κ3) is 8.63. The lowest BCUT2D eigenvalue weighted by Crippen LogP contribution is -2.14. The molecule has 2 rings (SSSR count). The van der Waals surface area contributed by atoms with Gasteiger partial charge in [-0.2, -0.15) is 0 Å². The Labute approximate surface area is 169 Å². The standard InChI is InChI=1S/C22H36FO4P/c1-2-8-18-9-11-19(12-10-18)21-14-13-20(17-22(21)23)27-15-6-4-3-5-7-16-28(24,25)26/h13-14,17-19H,2-12,15-16H2,1H3,(H2,24,25,26). The van der Waals surface area contributed by atoms with E-state index in [1.54, 1.807) is 0 Å². The van der Waals surface area contributed by atoms with Gasteiger partial charge in [0, 0.05) is 12.2 Å². The zero-order valence-electron chi connectivity index (χ0n) is 17.1. The number of benzene rings is 1. The Bertz CT molecular complexity index is 623. The molecule has 4 nitrogen and oxygen atoms in total. The average molecular weight is 414 g/mol. The molecule has 0 bridgehead atoms. The van der Waals surface area contributed by atoms with Gasteiger partial charge in [-0.25, -0.2) is 4.39 Å². The fourth-order valence-electron chi connectivity index (χ4n) is 4.24. The van der Waals surface area contributed by atoms with Crippen LogP contribution in [0.4, 0.5) is 4.39 Å². The van der Waals surface area contributed by atoms with Gasteiger partial charge in [-0.1, -0.05) is 45.1 Å². The fraction of sp³-hybridized carbons (Fsp3) is 0.727. The molecule has 1 fully saturated rings. The van der Waals surface area contributed by atoms with Gasteiger partial charge in [-0.05, 0) is 62.0 Å². The van der Waals surface area contributed by atoms with Crippen LogP contribution in [-0.2, 0) is 4.57 Å². The largest absolute Gasteiger partial charge is 0.493 e. The summed E-state index contributed by atoms with van der Waals surface area (Å²) in [5, 5.41) is 0. The molecule has 0 heterocycles. The Kier molecular flexibility index (Phi) is 9.98. The summed E-state index contributed by atoms with van der Waals surface area (Å²) < 4.78 is 31.0. The van der Waals surface area contributed by atoms with Crippen LogP contribution in [0.2, 0.25) is 0 Å². The number of unbranched alkanes of at least 4 members (excludes halogenated alkanes) is 4. The Morgan fingerprint density at radius 2 is 1.75 bits per heavy atom. The maximum Gasteiger partial charge on any atom is 0.325 e. The van der Waals surface area contributed by atoms with E-state index in [4.69, 9.17) is 14.5 Å². The van der Waals surface area contributed by atoms with E-state index in [2.05, 4.69) is 6.92 Å². The molecular weight excluding hydrogens is 378 g/mol. The minimum atomic E-state index is -3.85. The van der Waals surface area contributed by atoms with E-state index in [1.807, 2.05) is 12.1 Å². The highest BCUT2D eigenvalue weighted by Crippen LogP contribution is 2.39. The molecule has 6 heteroatoms. The highest BCUT2D eigenvalue weighted by Gasteiger charge is 2.24. The predicted molar refractivity (Wildman–Crippen MR) is 111 cm³/mol. The van der Waals surface area contributed by atoms with Crippen molar-refractivity contribution in [3.8, 4) is 5.75 Å². The first-order valence-electron chi connectivity index (χ1n) is 10.9. The number of hydrogen-bond acceptors (Lipinski definition) is 2. The van der Waals surface area contributed by atoms with Gasteiger partial charge in [-0.3, -0.25) is 4.57 Å². The molecule has 1 saturated carbocycles. The molecule has 0 radical (unpaired) electrons. The molecule has 0 aliphatic heterocycles. The van der Waals surface area contributed by atoms with Crippen molar-refractivity contribution in [2.45, 2.75) is 83.5 Å². The third-order valence-electron chi connectivity index (χ3n) is 5.82. The zero-order valence-corrected chi connectivity index (χ0v) is 18.0. The molecule has 1 aliphatic rings. The second kappa shape index (κ2) is 11.9. The minimum absolute atomic E-state index is 0.0324. The van der Waals surface area contributed by atoms with E-state index < -0.39 is 7.60 Å². The summed E-state index contributed by atoms with van der Waals surface area (Å²) >= 11 is 0. The normalized spacial score (nSPS) is 20.3. The maximum atomic E-state index is 14.5. The number of ether oxygens (including phenoxy) is 1. The van der Waals surface area contributed by atoms with Crippen molar-refractivity contribution < 1.29 is 23.5 Å². The van der Waals surface area contributed by atoms with Crippen LogP contribution in [0.5, 0.6) is 5.75 Å². The minimum Gasteiger partial charge on any atom is -0.493 e. The zero-order chi connectivity index (χ0) is 20.4. The van der Waals surface area contributed by atoms with Crippen LogP contribution in [0.3, 0.4) is 0 Å². The summed E-state index contributed by atoms with van der Waals surface area (Å²) in [6.07, 6.45) is 11.2. The second-order valence-electron chi connectivity index (χ2n) is 8.19. The molecule has 1 aromatic carbocycles. The lowest BCUT2D eigenvalue weighted by Gasteiger charge is -2.29. The Morgan fingerprint density at radius 3 is 2.39 bits per heavy atom. The number of halogens is 1. The molecule has 0 saturated heterocycles. The van der Waals surface area contributed by atoms with Crippen LogP contribution in [0.15, 0.2) is 18.2 Å². The van der Waals surface area contributed by atoms with Gasteiger partial charge in [0.05, 0.1) is 6.61 Å². The van der Waals surface area contributed by atoms with Gasteiger partial charge in [-0.15, -0.1) is 0 Å². The molecule has 28 heavy (non-hydrogen) atoms. The molecule has 0 aromatic heterocycles. The van der Waals surface area contributed by atoms with Crippen LogP contribution in [0.25, 0.3) is 0 Å². The van der Waals surface area contributed by atoms with Crippen molar-refractivity contribution in [1.82, 2.24) is 0 Å². The van der Waals surface area contributed by atoms with E-state index >= 15 is 0 Å². The summed E-state index contributed by atoms with van der Waals surface area (Å²) in [6.45, 7) is 2.77. The molecule has 1 aliphatic carbocycles. The third-order valence-corrected chi connectivity index (χ3v) is 6.72. The Morgan fingerprint density at radius 1 is 1.07 bits per heavy atom. The van der Waals surface area contributed by atoms with Gasteiger partial charge in [0.15, 0.2) is 0 Å². The summed E-state index contributed by atoms with van der Waals surface area (Å²) in [7, 11) is -3.85. The van der Waals surface area contributed by atoms with Crippen molar-refractivity contribution in [3.63, 3.8) is 0 Å². The first-order valence-corrected chi connectivity index (χ1v) is 12.7. The molecule has 0 spiro atoms. The summed E-state index contributed by atoms with van der Waals surface area (Å²) in [5.41, 5.74) is 0.840. The van der Waals surface area contributed by atoms with Crippen molar-refractivity contribution in [1.29, 1.82) is 0 Å². The Hall–Kier alpha value is -0.900. The van der Waals surface area contributed by atoms with Crippen molar-refractivity contribution in [2.24, 2.45) is 5.92 Å². The van der Waals surface area contributed by atoms with Crippen molar-refractivity contribution >= 4 is 7.60 Å². The molecule has 160 valence electrons. The average Bonchev–Trinajstić information content (AvgIpc) is 2.64. The van der Waals surface area contributed by atoms with Crippen LogP contribution >= 0.6 is 7.60 Å². The van der Waals surface area contributed by atoms with E-state index in [1.165, 1.54) is 31.7 Å². The summed E-state index contributed by atoms with van der Waals surface area (Å²) in [5.74, 6) is 1.61. The monoisotopic (exact) mass is 414 g/mol. The lowest BCUT2D eigenvalue weighted by atomic mass is 9.77. The van der Waals surface area contributed by atoms with Gasteiger partial charge in [0.2, 0.25) is 0 Å². The summed E-state index contributed by atoms with van der Waals surface area (Å²) in [4.78, 5) is 17.6. The topological polar surface area (TPSA) is 66.8 Å². The SMILES string of the molecule is CCCC1CCC(c2ccc(OCCCCCCCP(=O)(O)O)cc2F)CC1. The van der Waals surface area contributed by atoms with Gasteiger partial charge in [0.1, 0.15) is 11.6 Å². The number of hydrogen-bond donors (Lipinski definition) is 2. The highest BCUT2D eigenvalue weighted by molar-refractivity contribution is 7.51. The van der Waals surface area contributed by atoms with Crippen molar-refractivity contribution in [3.05, 3.63) is 29.6 Å². The first kappa shape index (κ1) is 23.4. The van der Waals surface area contributed by atoms with Crippen molar-refractivity contribution in [2.75, 3.05) is 12.8 Å². The molecule has 1 aromatic rings. The van der Waals surface area contributed by atoms with E-state index in [9.17, 15) is 8.96 Å². The molecule has 2 N–H and O–H groups in total. The smallest absolute Gasteiger partial charge is 0.325 e. The first-order chi connectivity index (χ1) is 13.4. The van der Waals surface area contributed by atoms with Crippen LogP contribution < -0.4 is 4.74 Å². The molecule has 0 unspecified atom stereocenters. The second-order valence-corrected chi connectivity index (χ2v) is 9.97. The van der Waals surface area contributed by atoms with E-state index in [0.717, 1.165) is 50.0 Å². The molecule has 0 atom stereocenters. The van der Waals surface area contributed by atoms with Crippen LogP contribution in [0, 0.1) is 11.7 Å². The van der Waals surface area contributed by atoms with Gasteiger partial charge in [0.25, 0.3) is 0 Å². The molecular formula is C22H36FO4P. The molecule has 0 amide bonds. The van der Waals surface area contributed by atoms with E-state index in [0.29, 0.717) is 24.7 Å². The predicted octanol–water partition coefficient (Wildman–Crippen LogP) is 6.41. The van der Waals surface area contributed by atoms with Crippen LogP contribution in [-0.4, -0.2) is 22.6 Å². The quantitative estimate of drug-likeness (QED) is 0.306. The van der Waals surface area contributed by atoms with E-state index in [-0.39, 0.29) is 12.0 Å². The Balaban J connectivity index is 1.65. The van der Waals surface area contributed by atoms with Gasteiger partial charge >= 0.3 is 7.60 Å². The fourth-order valence-corrected chi connectivity index (χ4v) is 4.87. The maximum absolute atomic E-state index is 14.5. The van der Waals surface area contributed by atoms with Gasteiger partial charge < -0.3 is 14.5 Å².